The maximum atomic E-state index is 12.2. The van der Waals surface area contributed by atoms with Gasteiger partial charge in [0.15, 0.2) is 5.78 Å². The van der Waals surface area contributed by atoms with Crippen LogP contribution in [0.25, 0.3) is 0 Å². The van der Waals surface area contributed by atoms with E-state index >= 15 is 0 Å². The zero-order valence-corrected chi connectivity index (χ0v) is 15.1. The molecule has 0 heterocycles. The van der Waals surface area contributed by atoms with Gasteiger partial charge in [0.2, 0.25) is 0 Å². The van der Waals surface area contributed by atoms with E-state index in [0.29, 0.717) is 10.6 Å². The minimum Gasteiger partial charge on any atom is -1.00 e. The fraction of sp³-hybridized carbons (Fsp3) is 0. The van der Waals surface area contributed by atoms with E-state index in [1.807, 2.05) is 0 Å². The van der Waals surface area contributed by atoms with Gasteiger partial charge in [-0.2, -0.15) is 8.42 Å². The summed E-state index contributed by atoms with van der Waals surface area (Å²) in [5, 5.41) is 0.330. The number of rotatable bonds is 3. The molecule has 0 aromatic heterocycles. The molecule has 0 bridgehead atoms. The summed E-state index contributed by atoms with van der Waals surface area (Å²) in [5.74, 6) is -0.400. The number of halogens is 2. The maximum absolute atomic E-state index is 12.2. The quantitative estimate of drug-likeness (QED) is 0.509. The Labute approximate surface area is 164 Å². The zero-order chi connectivity index (χ0) is 14.9. The molecule has 1 N–H and O–H groups in total. The standard InChI is InChI=1S/C13H8Cl2O4S.Ca.2H/c14-10-4-1-8(2-5-10)13(16)9-3-6-11(15)12(7-9)20(17,18)19;;;/h1-7H,(H,17,18,19);;;/q;+2;2*-1. The van der Waals surface area contributed by atoms with Crippen LogP contribution in [0.15, 0.2) is 47.4 Å². The molecule has 0 radical (unpaired) electrons. The van der Waals surface area contributed by atoms with E-state index in [0.717, 1.165) is 6.07 Å². The molecule has 0 atom stereocenters. The third-order valence-electron chi connectivity index (χ3n) is 2.58. The van der Waals surface area contributed by atoms with E-state index in [2.05, 4.69) is 0 Å². The zero-order valence-electron chi connectivity index (χ0n) is 12.6. The van der Waals surface area contributed by atoms with E-state index in [4.69, 9.17) is 27.8 Å². The van der Waals surface area contributed by atoms with E-state index in [9.17, 15) is 13.2 Å². The molecule has 0 saturated carbocycles. The first kappa shape index (κ1) is 18.9. The molecule has 0 spiro atoms. The smallest absolute Gasteiger partial charge is 1.00 e. The van der Waals surface area contributed by atoms with Gasteiger partial charge in [0, 0.05) is 16.1 Å². The summed E-state index contributed by atoms with van der Waals surface area (Å²) in [6.07, 6.45) is 0. The molecule has 0 aliphatic heterocycles. The molecular formula is C13H10CaCl2O4S. The molecule has 2 rings (SSSR count). The fourth-order valence-electron chi connectivity index (χ4n) is 1.61. The first-order chi connectivity index (χ1) is 9.29. The number of hydrogen-bond acceptors (Lipinski definition) is 3. The average molecular weight is 373 g/mol. The largest absolute Gasteiger partial charge is 2.00 e. The van der Waals surface area contributed by atoms with Gasteiger partial charge < -0.3 is 2.85 Å². The summed E-state index contributed by atoms with van der Waals surface area (Å²) in [7, 11) is -4.48. The molecule has 4 nitrogen and oxygen atoms in total. The van der Waals surface area contributed by atoms with Crippen molar-refractivity contribution in [3.63, 3.8) is 0 Å². The van der Waals surface area contributed by atoms with Crippen LogP contribution in [0.5, 0.6) is 0 Å². The second-order valence-electron chi connectivity index (χ2n) is 3.96. The van der Waals surface area contributed by atoms with Crippen LogP contribution < -0.4 is 0 Å². The van der Waals surface area contributed by atoms with Crippen molar-refractivity contribution in [1.82, 2.24) is 0 Å². The number of ketones is 1. The Morgan fingerprint density at radius 1 is 1.00 bits per heavy atom. The third-order valence-corrected chi connectivity index (χ3v) is 4.16. The Morgan fingerprint density at radius 3 is 2.05 bits per heavy atom. The van der Waals surface area contributed by atoms with Crippen LogP contribution in [-0.4, -0.2) is 56.5 Å². The summed E-state index contributed by atoms with van der Waals surface area (Å²) in [6, 6.07) is 9.80. The Hall–Kier alpha value is -0.140. The van der Waals surface area contributed by atoms with Gasteiger partial charge in [0.1, 0.15) is 4.90 Å². The van der Waals surface area contributed by atoms with Gasteiger partial charge in [0.25, 0.3) is 10.1 Å². The number of carbonyl (C=O) groups excluding carboxylic acids is 1. The molecule has 2 aromatic carbocycles. The van der Waals surface area contributed by atoms with Crippen molar-refractivity contribution in [2.75, 3.05) is 0 Å². The van der Waals surface area contributed by atoms with E-state index in [-0.39, 0.29) is 51.2 Å². The van der Waals surface area contributed by atoms with Crippen LogP contribution >= 0.6 is 23.2 Å². The molecule has 0 aliphatic carbocycles. The van der Waals surface area contributed by atoms with Crippen LogP contribution in [-0.2, 0) is 10.1 Å². The second kappa shape index (κ2) is 7.42. The van der Waals surface area contributed by atoms with Crippen LogP contribution in [0, 0.1) is 0 Å². The van der Waals surface area contributed by atoms with Crippen molar-refractivity contribution in [2.24, 2.45) is 0 Å². The molecule has 21 heavy (non-hydrogen) atoms. The molecule has 0 fully saturated rings. The van der Waals surface area contributed by atoms with Crippen molar-refractivity contribution in [3.05, 3.63) is 63.6 Å². The minimum absolute atomic E-state index is 0. The third kappa shape index (κ3) is 4.66. The van der Waals surface area contributed by atoms with Crippen molar-refractivity contribution in [1.29, 1.82) is 0 Å². The molecule has 2 aromatic rings. The second-order valence-corrected chi connectivity index (χ2v) is 6.19. The van der Waals surface area contributed by atoms with Crippen LogP contribution in [0.1, 0.15) is 18.8 Å². The van der Waals surface area contributed by atoms with Crippen molar-refractivity contribution < 1.29 is 20.6 Å². The van der Waals surface area contributed by atoms with Crippen molar-refractivity contribution in [3.8, 4) is 0 Å². The number of benzene rings is 2. The van der Waals surface area contributed by atoms with Crippen molar-refractivity contribution in [2.45, 2.75) is 4.90 Å². The molecule has 0 saturated heterocycles. The normalized spacial score (nSPS) is 10.8. The van der Waals surface area contributed by atoms with Gasteiger partial charge in [-0.3, -0.25) is 9.35 Å². The van der Waals surface area contributed by atoms with Gasteiger partial charge in [-0.05, 0) is 42.5 Å². The summed E-state index contributed by atoms with van der Waals surface area (Å²) in [5.41, 5.74) is 0.447. The number of carbonyl (C=O) groups is 1. The van der Waals surface area contributed by atoms with Gasteiger partial charge in [0.05, 0.1) is 5.02 Å². The Kier molecular flexibility index (Phi) is 6.68. The maximum Gasteiger partial charge on any atom is 2.00 e. The number of hydrogen-bond donors (Lipinski definition) is 1. The fourth-order valence-corrected chi connectivity index (χ4v) is 2.74. The van der Waals surface area contributed by atoms with Gasteiger partial charge in [-0.25, -0.2) is 0 Å². The van der Waals surface area contributed by atoms with E-state index in [1.165, 1.54) is 24.3 Å². The summed E-state index contributed by atoms with van der Waals surface area (Å²) in [6.45, 7) is 0. The molecule has 0 amide bonds. The Bertz CT molecular complexity index is 783. The Balaban J connectivity index is 0. The molecule has 0 aliphatic rings. The molecule has 8 heteroatoms. The average Bonchev–Trinajstić information content (AvgIpc) is 2.38. The summed E-state index contributed by atoms with van der Waals surface area (Å²) >= 11 is 11.4. The molecule has 108 valence electrons. The predicted molar refractivity (Wildman–Crippen MR) is 84.1 cm³/mol. The van der Waals surface area contributed by atoms with Gasteiger partial charge in [-0.1, -0.05) is 23.2 Å². The minimum atomic E-state index is -4.48. The van der Waals surface area contributed by atoms with E-state index in [1.54, 1.807) is 12.1 Å². The predicted octanol–water partition coefficient (Wildman–Crippen LogP) is 3.32. The van der Waals surface area contributed by atoms with E-state index < -0.39 is 20.8 Å². The van der Waals surface area contributed by atoms with Crippen LogP contribution in [0.4, 0.5) is 0 Å². The first-order valence-corrected chi connectivity index (χ1v) is 7.56. The Morgan fingerprint density at radius 2 is 1.52 bits per heavy atom. The van der Waals surface area contributed by atoms with Crippen molar-refractivity contribution >= 4 is 76.8 Å². The van der Waals surface area contributed by atoms with Crippen LogP contribution in [0.3, 0.4) is 0 Å². The van der Waals surface area contributed by atoms with Gasteiger partial charge in [-0.15, -0.1) is 0 Å². The monoisotopic (exact) mass is 372 g/mol. The summed E-state index contributed by atoms with van der Waals surface area (Å²) < 4.78 is 31.3. The SMILES string of the molecule is O=C(c1ccc(Cl)cc1)c1ccc(Cl)c(S(=O)(=O)O)c1.[Ca+2].[H-].[H-]. The van der Waals surface area contributed by atoms with Crippen LogP contribution in [0.2, 0.25) is 10.0 Å². The molecular weight excluding hydrogens is 363 g/mol. The molecule has 0 unspecified atom stereocenters. The summed E-state index contributed by atoms with van der Waals surface area (Å²) in [4.78, 5) is 11.7. The first-order valence-electron chi connectivity index (χ1n) is 5.36. The van der Waals surface area contributed by atoms with Gasteiger partial charge >= 0.3 is 37.7 Å². The topological polar surface area (TPSA) is 71.4 Å².